The number of unbranched alkanes of at least 4 members (excludes halogenated alkanes) is 3. The summed E-state index contributed by atoms with van der Waals surface area (Å²) in [5, 5.41) is 0. The maximum absolute atomic E-state index is 13.8. The van der Waals surface area contributed by atoms with Gasteiger partial charge in [0.15, 0.2) is 0 Å². The number of alkyl halides is 16. The summed E-state index contributed by atoms with van der Waals surface area (Å²) in [6.07, 6.45) is -5.26. The van der Waals surface area contributed by atoms with E-state index in [-0.39, 0.29) is 12.8 Å². The van der Waals surface area contributed by atoms with Crippen LogP contribution in [0.3, 0.4) is 0 Å². The predicted molar refractivity (Wildman–Crippen MR) is 92.4 cm³/mol. The molecule has 0 saturated heterocycles. The molecule has 0 aromatic heterocycles. The molecule has 16 heteroatoms. The molecule has 0 aliphatic carbocycles. The first-order valence-corrected chi connectivity index (χ1v) is 10.0. The molecule has 210 valence electrons. The highest BCUT2D eigenvalue weighted by atomic mass is 19.4. The van der Waals surface area contributed by atoms with Gasteiger partial charge in [-0.15, -0.1) is 0 Å². The lowest BCUT2D eigenvalue weighted by Gasteiger charge is -2.43. The van der Waals surface area contributed by atoms with Crippen molar-refractivity contribution >= 4 is 0 Å². The summed E-state index contributed by atoms with van der Waals surface area (Å²) in [4.78, 5) is 0. The lowest BCUT2D eigenvalue weighted by molar-refractivity contribution is -0.453. The van der Waals surface area contributed by atoms with Crippen LogP contribution in [0.5, 0.6) is 0 Å². The van der Waals surface area contributed by atoms with Crippen molar-refractivity contribution in [2.45, 2.75) is 106 Å². The predicted octanol–water partition coefficient (Wildman–Crippen LogP) is 9.40. The van der Waals surface area contributed by atoms with Crippen molar-refractivity contribution in [3.63, 3.8) is 0 Å². The van der Waals surface area contributed by atoms with Crippen molar-refractivity contribution in [3.05, 3.63) is 12.2 Å². The van der Waals surface area contributed by atoms with Crippen molar-refractivity contribution in [2.75, 3.05) is 0 Å². The molecule has 0 amide bonds. The van der Waals surface area contributed by atoms with Crippen LogP contribution in [0.25, 0.3) is 0 Å². The molecule has 0 bridgehead atoms. The van der Waals surface area contributed by atoms with Gasteiger partial charge < -0.3 is 0 Å². The standard InChI is InChI=1S/C19H22F16/c1-3-5-7-9-11-13(22,23)15(26,27)17(30,31)19(34,35)18(32,33)16(28,29)14(24,25)12(20,21)10-8-6-4-2/h4,6H,3,5,7-11H2,1-2H3/b6-4+. The molecule has 0 spiro atoms. The normalized spacial score (nSPS) is 15.8. The van der Waals surface area contributed by atoms with Crippen molar-refractivity contribution < 1.29 is 70.2 Å². The molecular formula is C19H22F16. The first kappa shape index (κ1) is 33.6. The SMILES string of the molecule is C/C=C/CCC(F)(F)C(F)(F)C(F)(F)C(F)(F)C(F)(F)C(F)(F)C(F)(F)C(F)(F)CCCCCC. The minimum atomic E-state index is -8.35. The summed E-state index contributed by atoms with van der Waals surface area (Å²) < 4.78 is 219. The molecule has 0 aliphatic rings. The maximum atomic E-state index is 13.8. The second-order valence-electron chi connectivity index (χ2n) is 7.77. The fourth-order valence-corrected chi connectivity index (χ4v) is 2.77. The summed E-state index contributed by atoms with van der Waals surface area (Å²) in [5.41, 5.74) is 0. The van der Waals surface area contributed by atoms with Crippen molar-refractivity contribution in [1.82, 2.24) is 0 Å². The molecule has 0 aromatic rings. The van der Waals surface area contributed by atoms with Crippen LogP contribution in [0.4, 0.5) is 70.2 Å². The molecule has 0 N–H and O–H groups in total. The first-order valence-electron chi connectivity index (χ1n) is 10.0. The highest BCUT2D eigenvalue weighted by Crippen LogP contribution is 2.64. The minimum absolute atomic E-state index is 0.0792. The average molecular weight is 554 g/mol. The molecule has 0 rings (SSSR count). The summed E-state index contributed by atoms with van der Waals surface area (Å²) in [7, 11) is 0. The van der Waals surface area contributed by atoms with E-state index in [0.717, 1.165) is 13.0 Å². The second-order valence-corrected chi connectivity index (χ2v) is 7.77. The highest BCUT2D eigenvalue weighted by molar-refractivity contribution is 5.16. The average Bonchev–Trinajstić information content (AvgIpc) is 2.70. The van der Waals surface area contributed by atoms with Gasteiger partial charge in [-0.2, -0.15) is 70.2 Å². The molecule has 0 aromatic carbocycles. The second kappa shape index (κ2) is 10.5. The zero-order valence-corrected chi connectivity index (χ0v) is 18.2. The van der Waals surface area contributed by atoms with E-state index >= 15 is 0 Å². The molecule has 0 saturated carbocycles. The summed E-state index contributed by atoms with van der Waals surface area (Å²) >= 11 is 0. The Bertz CT molecular complexity index is 708. The van der Waals surface area contributed by atoms with Gasteiger partial charge in [-0.3, -0.25) is 0 Å². The summed E-state index contributed by atoms with van der Waals surface area (Å²) in [6.45, 7) is 2.62. The molecular weight excluding hydrogens is 532 g/mol. The Kier molecular flexibility index (Phi) is 10.1. The van der Waals surface area contributed by atoms with Gasteiger partial charge in [-0.05, 0) is 19.8 Å². The van der Waals surface area contributed by atoms with Gasteiger partial charge in [0.2, 0.25) is 0 Å². The molecule has 0 nitrogen and oxygen atoms in total. The Morgan fingerprint density at radius 2 is 0.800 bits per heavy atom. The minimum Gasteiger partial charge on any atom is -0.200 e. The molecule has 0 unspecified atom stereocenters. The van der Waals surface area contributed by atoms with Gasteiger partial charge in [0.05, 0.1) is 0 Å². The van der Waals surface area contributed by atoms with Crippen LogP contribution in [-0.4, -0.2) is 47.4 Å². The number of allylic oxidation sites excluding steroid dienone is 2. The van der Waals surface area contributed by atoms with E-state index in [2.05, 4.69) is 0 Å². The van der Waals surface area contributed by atoms with E-state index in [0.29, 0.717) is 12.5 Å². The van der Waals surface area contributed by atoms with E-state index in [9.17, 15) is 70.2 Å². The highest BCUT2D eigenvalue weighted by Gasteiger charge is 2.94. The van der Waals surface area contributed by atoms with Crippen LogP contribution in [0.2, 0.25) is 0 Å². The smallest absolute Gasteiger partial charge is 0.200 e. The van der Waals surface area contributed by atoms with Crippen molar-refractivity contribution in [1.29, 1.82) is 0 Å². The molecule has 0 heterocycles. The topological polar surface area (TPSA) is 0 Å². The van der Waals surface area contributed by atoms with Gasteiger partial charge >= 0.3 is 47.4 Å². The summed E-state index contributed by atoms with van der Waals surface area (Å²) in [5.74, 6) is -60.3. The van der Waals surface area contributed by atoms with Crippen LogP contribution in [0.1, 0.15) is 58.8 Å². The van der Waals surface area contributed by atoms with Gasteiger partial charge in [0.25, 0.3) is 0 Å². The van der Waals surface area contributed by atoms with Crippen LogP contribution in [0, 0.1) is 0 Å². The number of hydrogen-bond donors (Lipinski definition) is 0. The number of halogens is 16. The third-order valence-electron chi connectivity index (χ3n) is 5.10. The maximum Gasteiger partial charge on any atom is 0.384 e. The van der Waals surface area contributed by atoms with E-state index in [1.807, 2.05) is 0 Å². The van der Waals surface area contributed by atoms with Gasteiger partial charge in [0.1, 0.15) is 0 Å². The Morgan fingerprint density at radius 3 is 1.14 bits per heavy atom. The first-order chi connectivity index (χ1) is 15.4. The number of rotatable bonds is 15. The quantitative estimate of drug-likeness (QED) is 0.108. The van der Waals surface area contributed by atoms with Crippen LogP contribution in [-0.2, 0) is 0 Å². The Labute approximate surface area is 189 Å². The fraction of sp³-hybridized carbons (Fsp3) is 0.895. The molecule has 0 atom stereocenters. The fourth-order valence-electron chi connectivity index (χ4n) is 2.77. The van der Waals surface area contributed by atoms with E-state index in [1.165, 1.54) is 6.92 Å². The lowest BCUT2D eigenvalue weighted by atomic mass is 9.86. The zero-order chi connectivity index (χ0) is 28.4. The van der Waals surface area contributed by atoms with Crippen LogP contribution >= 0.6 is 0 Å². The van der Waals surface area contributed by atoms with Gasteiger partial charge in [0, 0.05) is 12.8 Å². The molecule has 0 aliphatic heterocycles. The van der Waals surface area contributed by atoms with Gasteiger partial charge in [-0.25, -0.2) is 0 Å². The summed E-state index contributed by atoms with van der Waals surface area (Å²) in [6, 6.07) is 0. The zero-order valence-electron chi connectivity index (χ0n) is 18.2. The molecule has 0 fully saturated rings. The third kappa shape index (κ3) is 5.49. The molecule has 35 heavy (non-hydrogen) atoms. The van der Waals surface area contributed by atoms with E-state index in [4.69, 9.17) is 0 Å². The van der Waals surface area contributed by atoms with E-state index < -0.39 is 73.1 Å². The van der Waals surface area contributed by atoms with Crippen LogP contribution in [0.15, 0.2) is 12.2 Å². The largest absolute Gasteiger partial charge is 0.384 e. The van der Waals surface area contributed by atoms with E-state index in [1.54, 1.807) is 0 Å². The Hall–Kier alpha value is -1.38. The lowest BCUT2D eigenvalue weighted by Crippen LogP contribution is -2.74. The monoisotopic (exact) mass is 554 g/mol. The third-order valence-corrected chi connectivity index (χ3v) is 5.10. The van der Waals surface area contributed by atoms with Crippen LogP contribution < -0.4 is 0 Å². The van der Waals surface area contributed by atoms with Gasteiger partial charge in [-0.1, -0.05) is 38.3 Å². The Morgan fingerprint density at radius 1 is 0.457 bits per heavy atom. The van der Waals surface area contributed by atoms with Crippen molar-refractivity contribution in [2.24, 2.45) is 0 Å². The van der Waals surface area contributed by atoms with Crippen molar-refractivity contribution in [3.8, 4) is 0 Å². The Balaban J connectivity index is 6.44. The number of hydrogen-bond acceptors (Lipinski definition) is 0. The molecule has 0 radical (unpaired) electrons.